The van der Waals surface area contributed by atoms with Gasteiger partial charge in [-0.15, -0.1) is 0 Å². The van der Waals surface area contributed by atoms with Gasteiger partial charge in [-0.2, -0.15) is 0 Å². The topological polar surface area (TPSA) is 46.2 Å². The molecule has 0 aliphatic rings. The minimum Gasteiger partial charge on any atom is -0.394 e. The van der Waals surface area contributed by atoms with Crippen LogP contribution in [0.3, 0.4) is 0 Å². The summed E-state index contributed by atoms with van der Waals surface area (Å²) >= 11 is 0. The highest BCUT2D eigenvalue weighted by atomic mass is 19.1. The molecule has 0 radical (unpaired) electrons. The maximum absolute atomic E-state index is 13.2. The monoisotopic (exact) mass is 183 g/mol. The van der Waals surface area contributed by atoms with Crippen LogP contribution in [0.4, 0.5) is 4.39 Å². The van der Waals surface area contributed by atoms with Crippen molar-refractivity contribution in [1.29, 1.82) is 0 Å². The van der Waals surface area contributed by atoms with Crippen molar-refractivity contribution < 1.29 is 9.50 Å². The minimum atomic E-state index is -0.419. The SMILES string of the molecule is Cc1cc([C@H](N)CO)cc(C)c1F. The van der Waals surface area contributed by atoms with Crippen molar-refractivity contribution in [1.82, 2.24) is 0 Å². The summed E-state index contributed by atoms with van der Waals surface area (Å²) in [6, 6.07) is 2.92. The van der Waals surface area contributed by atoms with Crippen molar-refractivity contribution in [2.45, 2.75) is 19.9 Å². The maximum Gasteiger partial charge on any atom is 0.129 e. The summed E-state index contributed by atoms with van der Waals surface area (Å²) in [5.74, 6) is -0.200. The van der Waals surface area contributed by atoms with Crippen molar-refractivity contribution in [2.75, 3.05) is 6.61 Å². The normalized spacial score (nSPS) is 13.0. The first-order valence-electron chi connectivity index (χ1n) is 4.19. The summed E-state index contributed by atoms with van der Waals surface area (Å²) in [6.07, 6.45) is 0. The lowest BCUT2D eigenvalue weighted by atomic mass is 10.0. The molecule has 0 aromatic heterocycles. The molecular formula is C10H14FNO. The highest BCUT2D eigenvalue weighted by Gasteiger charge is 2.08. The second-order valence-corrected chi connectivity index (χ2v) is 3.26. The molecular weight excluding hydrogens is 169 g/mol. The zero-order valence-electron chi connectivity index (χ0n) is 7.84. The van der Waals surface area contributed by atoms with E-state index in [1.54, 1.807) is 26.0 Å². The average molecular weight is 183 g/mol. The van der Waals surface area contributed by atoms with Crippen molar-refractivity contribution in [3.63, 3.8) is 0 Å². The van der Waals surface area contributed by atoms with E-state index in [0.29, 0.717) is 11.1 Å². The minimum absolute atomic E-state index is 0.121. The Labute approximate surface area is 77.2 Å². The number of hydrogen-bond donors (Lipinski definition) is 2. The molecule has 0 bridgehead atoms. The number of aliphatic hydroxyl groups is 1. The smallest absolute Gasteiger partial charge is 0.129 e. The van der Waals surface area contributed by atoms with E-state index in [1.165, 1.54) is 0 Å². The molecule has 72 valence electrons. The lowest BCUT2D eigenvalue weighted by Crippen LogP contribution is -2.15. The summed E-state index contributed by atoms with van der Waals surface area (Å²) in [4.78, 5) is 0. The molecule has 3 N–H and O–H groups in total. The van der Waals surface area contributed by atoms with Gasteiger partial charge in [-0.05, 0) is 30.5 Å². The summed E-state index contributed by atoms with van der Waals surface area (Å²) in [5.41, 5.74) is 7.52. The zero-order chi connectivity index (χ0) is 10.0. The van der Waals surface area contributed by atoms with Crippen LogP contribution in [0, 0.1) is 19.7 Å². The lowest BCUT2D eigenvalue weighted by molar-refractivity contribution is 0.268. The largest absolute Gasteiger partial charge is 0.394 e. The van der Waals surface area contributed by atoms with Crippen LogP contribution in [0.15, 0.2) is 12.1 Å². The number of nitrogens with two attached hydrogens (primary N) is 1. The van der Waals surface area contributed by atoms with Gasteiger partial charge in [-0.3, -0.25) is 0 Å². The number of benzene rings is 1. The molecule has 0 saturated carbocycles. The molecule has 0 aliphatic heterocycles. The third kappa shape index (κ3) is 2.05. The van der Waals surface area contributed by atoms with Gasteiger partial charge in [0.05, 0.1) is 12.6 Å². The van der Waals surface area contributed by atoms with Crippen LogP contribution >= 0.6 is 0 Å². The van der Waals surface area contributed by atoms with Crippen molar-refractivity contribution in [3.8, 4) is 0 Å². The molecule has 0 amide bonds. The van der Waals surface area contributed by atoms with Gasteiger partial charge in [0.1, 0.15) is 5.82 Å². The molecule has 1 rings (SSSR count). The first kappa shape index (κ1) is 10.2. The van der Waals surface area contributed by atoms with Gasteiger partial charge in [-0.25, -0.2) is 4.39 Å². The van der Waals surface area contributed by atoms with Crippen LogP contribution in [0.25, 0.3) is 0 Å². The average Bonchev–Trinajstić information content (AvgIpc) is 2.12. The zero-order valence-corrected chi connectivity index (χ0v) is 7.84. The Bertz CT molecular complexity index is 289. The van der Waals surface area contributed by atoms with Gasteiger partial charge in [0.2, 0.25) is 0 Å². The molecule has 0 spiro atoms. The van der Waals surface area contributed by atoms with E-state index in [9.17, 15) is 4.39 Å². The molecule has 13 heavy (non-hydrogen) atoms. The van der Waals surface area contributed by atoms with Gasteiger partial charge in [0, 0.05) is 0 Å². The summed E-state index contributed by atoms with van der Waals surface area (Å²) in [7, 11) is 0. The van der Waals surface area contributed by atoms with E-state index in [-0.39, 0.29) is 12.4 Å². The van der Waals surface area contributed by atoms with Crippen LogP contribution in [0.5, 0.6) is 0 Å². The van der Waals surface area contributed by atoms with Crippen LogP contribution in [0.1, 0.15) is 22.7 Å². The highest BCUT2D eigenvalue weighted by molar-refractivity contribution is 5.32. The van der Waals surface area contributed by atoms with Crippen LogP contribution in [-0.2, 0) is 0 Å². The van der Waals surface area contributed by atoms with Crippen molar-refractivity contribution >= 4 is 0 Å². The van der Waals surface area contributed by atoms with E-state index in [2.05, 4.69) is 0 Å². The van der Waals surface area contributed by atoms with E-state index in [0.717, 1.165) is 5.56 Å². The Kier molecular flexibility index (Phi) is 3.01. The molecule has 0 saturated heterocycles. The van der Waals surface area contributed by atoms with Gasteiger partial charge in [0.25, 0.3) is 0 Å². The van der Waals surface area contributed by atoms with E-state index in [4.69, 9.17) is 10.8 Å². The van der Waals surface area contributed by atoms with Gasteiger partial charge in [0.15, 0.2) is 0 Å². The predicted molar refractivity (Wildman–Crippen MR) is 49.9 cm³/mol. The fraction of sp³-hybridized carbons (Fsp3) is 0.400. The molecule has 0 heterocycles. The van der Waals surface area contributed by atoms with Gasteiger partial charge in [-0.1, -0.05) is 12.1 Å². The Morgan fingerprint density at radius 3 is 2.23 bits per heavy atom. The third-order valence-corrected chi connectivity index (χ3v) is 2.08. The summed E-state index contributed by atoms with van der Waals surface area (Å²) in [5, 5.41) is 8.82. The van der Waals surface area contributed by atoms with Crippen LogP contribution in [0.2, 0.25) is 0 Å². The van der Waals surface area contributed by atoms with E-state index >= 15 is 0 Å². The van der Waals surface area contributed by atoms with E-state index in [1.807, 2.05) is 0 Å². The van der Waals surface area contributed by atoms with Crippen LogP contribution < -0.4 is 5.73 Å². The molecule has 0 aliphatic carbocycles. The lowest BCUT2D eigenvalue weighted by Gasteiger charge is -2.11. The summed E-state index contributed by atoms with van der Waals surface area (Å²) < 4.78 is 13.2. The van der Waals surface area contributed by atoms with Crippen LogP contribution in [-0.4, -0.2) is 11.7 Å². The second kappa shape index (κ2) is 3.85. The first-order valence-corrected chi connectivity index (χ1v) is 4.19. The molecule has 3 heteroatoms. The quantitative estimate of drug-likeness (QED) is 0.728. The van der Waals surface area contributed by atoms with Gasteiger partial charge < -0.3 is 10.8 Å². The van der Waals surface area contributed by atoms with Gasteiger partial charge >= 0.3 is 0 Å². The first-order chi connectivity index (χ1) is 6.06. The van der Waals surface area contributed by atoms with Crippen molar-refractivity contribution in [3.05, 3.63) is 34.6 Å². The Morgan fingerprint density at radius 2 is 1.85 bits per heavy atom. The molecule has 0 fully saturated rings. The molecule has 2 nitrogen and oxygen atoms in total. The number of aliphatic hydroxyl groups excluding tert-OH is 1. The second-order valence-electron chi connectivity index (χ2n) is 3.26. The predicted octanol–water partition coefficient (Wildman–Crippen LogP) is 1.43. The van der Waals surface area contributed by atoms with E-state index < -0.39 is 6.04 Å². The number of halogens is 1. The molecule has 1 atom stereocenters. The Hall–Kier alpha value is -0.930. The number of aryl methyl sites for hydroxylation is 2. The maximum atomic E-state index is 13.2. The third-order valence-electron chi connectivity index (χ3n) is 2.08. The molecule has 1 aromatic rings. The highest BCUT2D eigenvalue weighted by Crippen LogP contribution is 2.18. The Balaban J connectivity index is 3.13. The Morgan fingerprint density at radius 1 is 1.38 bits per heavy atom. The number of rotatable bonds is 2. The fourth-order valence-electron chi connectivity index (χ4n) is 1.30. The number of hydrogen-bond acceptors (Lipinski definition) is 2. The molecule has 0 unspecified atom stereocenters. The fourth-order valence-corrected chi connectivity index (χ4v) is 1.30. The molecule has 1 aromatic carbocycles. The standard InChI is InChI=1S/C10H14FNO/c1-6-3-8(9(12)5-13)4-7(2)10(6)11/h3-4,9,13H,5,12H2,1-2H3/t9-/m1/s1. The summed E-state index contributed by atoms with van der Waals surface area (Å²) in [6.45, 7) is 3.26. The van der Waals surface area contributed by atoms with Crippen molar-refractivity contribution in [2.24, 2.45) is 5.73 Å².